The molecule has 4 heteroatoms. The number of hydrogen-bond donors (Lipinski definition) is 0. The first kappa shape index (κ1) is 19.8. The largest absolute Gasteiger partial charge is 0.359 e. The van der Waals surface area contributed by atoms with Crippen LogP contribution in [0, 0.1) is 17.8 Å². The molecule has 122 valence electrons. The Morgan fingerprint density at radius 1 is 0.650 bits per heavy atom. The van der Waals surface area contributed by atoms with Gasteiger partial charge in [0.15, 0.2) is 0 Å². The van der Waals surface area contributed by atoms with Crippen molar-refractivity contribution in [3.63, 3.8) is 0 Å². The first-order valence-corrected chi connectivity index (χ1v) is 7.73. The second-order valence-corrected chi connectivity index (χ2v) is 5.99. The van der Waals surface area contributed by atoms with E-state index in [0.29, 0.717) is 25.4 Å². The normalized spacial score (nSPS) is 16.1. The summed E-state index contributed by atoms with van der Waals surface area (Å²) in [6, 6.07) is 0. The van der Waals surface area contributed by atoms with E-state index < -0.39 is 0 Å². The fourth-order valence-electron chi connectivity index (χ4n) is 2.56. The Morgan fingerprint density at radius 2 is 1.05 bits per heavy atom. The second kappa shape index (κ2) is 13.8. The molecule has 0 rings (SSSR count). The fraction of sp³-hybridized carbons (Fsp3) is 1.00. The third-order valence-corrected chi connectivity index (χ3v) is 3.52. The number of rotatable bonds is 14. The fourth-order valence-corrected chi connectivity index (χ4v) is 2.56. The maximum absolute atomic E-state index is 5.34. The average molecular weight is 290 g/mol. The summed E-state index contributed by atoms with van der Waals surface area (Å²) in [6.45, 7) is 9.35. The molecule has 0 heterocycles. The predicted molar refractivity (Wildman–Crippen MR) is 81.6 cm³/mol. The topological polar surface area (TPSA) is 36.9 Å². The Bertz CT molecular complexity index is 179. The summed E-state index contributed by atoms with van der Waals surface area (Å²) in [4.78, 5) is 0. The molecule has 0 fully saturated rings. The second-order valence-electron chi connectivity index (χ2n) is 5.99. The van der Waals surface area contributed by atoms with Crippen LogP contribution in [0.15, 0.2) is 0 Å². The van der Waals surface area contributed by atoms with Gasteiger partial charge in [-0.3, -0.25) is 0 Å². The molecule has 0 saturated carbocycles. The average Bonchev–Trinajstić information content (AvgIpc) is 2.39. The van der Waals surface area contributed by atoms with Gasteiger partial charge in [0, 0.05) is 27.4 Å². The van der Waals surface area contributed by atoms with E-state index in [9.17, 15) is 0 Å². The summed E-state index contributed by atoms with van der Waals surface area (Å²) in [7, 11) is 3.31. The van der Waals surface area contributed by atoms with Gasteiger partial charge >= 0.3 is 0 Å². The predicted octanol–water partition coefficient (Wildman–Crippen LogP) is 3.70. The van der Waals surface area contributed by atoms with Crippen LogP contribution >= 0.6 is 0 Å². The zero-order valence-electron chi connectivity index (χ0n) is 14.0. The number of methoxy groups -OCH3 is 2. The number of hydrogen-bond acceptors (Lipinski definition) is 4. The van der Waals surface area contributed by atoms with Crippen molar-refractivity contribution >= 4 is 0 Å². The molecule has 0 aliphatic carbocycles. The zero-order valence-corrected chi connectivity index (χ0v) is 14.0. The Kier molecular flexibility index (Phi) is 13.7. The molecule has 0 aromatic carbocycles. The van der Waals surface area contributed by atoms with Gasteiger partial charge in [0.05, 0.1) is 0 Å². The molecule has 0 aromatic rings. The van der Waals surface area contributed by atoms with Gasteiger partial charge in [0.1, 0.15) is 13.6 Å². The van der Waals surface area contributed by atoms with E-state index in [1.807, 2.05) is 0 Å². The van der Waals surface area contributed by atoms with E-state index in [1.165, 1.54) is 12.8 Å². The number of ether oxygens (including phenoxy) is 4. The SMILES string of the molecule is COCOCC[C@@H](C)CC(C)C[C@@H](C)CCOCOC. The highest BCUT2D eigenvalue weighted by atomic mass is 16.7. The van der Waals surface area contributed by atoms with Crippen molar-refractivity contribution in [1.29, 1.82) is 0 Å². The molecular formula is C16H34O4. The molecule has 0 spiro atoms. The van der Waals surface area contributed by atoms with Crippen LogP contribution in [0.2, 0.25) is 0 Å². The lowest BCUT2D eigenvalue weighted by molar-refractivity contribution is -0.0354. The molecule has 0 aliphatic rings. The van der Waals surface area contributed by atoms with Crippen molar-refractivity contribution in [3.8, 4) is 0 Å². The van der Waals surface area contributed by atoms with E-state index >= 15 is 0 Å². The first-order chi connectivity index (χ1) is 9.60. The Balaban J connectivity index is 3.56. The summed E-state index contributed by atoms with van der Waals surface area (Å²) in [5.74, 6) is 2.17. The van der Waals surface area contributed by atoms with Crippen LogP contribution in [-0.2, 0) is 18.9 Å². The van der Waals surface area contributed by atoms with Gasteiger partial charge < -0.3 is 18.9 Å². The molecule has 1 unspecified atom stereocenters. The first-order valence-electron chi connectivity index (χ1n) is 7.73. The molecule has 0 N–H and O–H groups in total. The minimum Gasteiger partial charge on any atom is -0.359 e. The third kappa shape index (κ3) is 12.9. The van der Waals surface area contributed by atoms with E-state index in [0.717, 1.165) is 32.0 Å². The van der Waals surface area contributed by atoms with Crippen molar-refractivity contribution in [3.05, 3.63) is 0 Å². The van der Waals surface area contributed by atoms with Crippen LogP contribution in [0.1, 0.15) is 46.5 Å². The molecule has 20 heavy (non-hydrogen) atoms. The lowest BCUT2D eigenvalue weighted by atomic mass is 9.87. The quantitative estimate of drug-likeness (QED) is 0.361. The molecule has 0 aliphatic heterocycles. The highest BCUT2D eigenvalue weighted by molar-refractivity contribution is 4.63. The van der Waals surface area contributed by atoms with Crippen molar-refractivity contribution in [2.24, 2.45) is 17.8 Å². The van der Waals surface area contributed by atoms with Gasteiger partial charge in [-0.05, 0) is 43.4 Å². The molecule has 3 atom stereocenters. The molecule has 0 saturated heterocycles. The van der Waals surface area contributed by atoms with E-state index in [2.05, 4.69) is 20.8 Å². The van der Waals surface area contributed by atoms with Crippen LogP contribution in [0.3, 0.4) is 0 Å². The summed E-state index contributed by atoms with van der Waals surface area (Å²) in [5, 5.41) is 0. The van der Waals surface area contributed by atoms with Crippen LogP contribution in [0.4, 0.5) is 0 Å². The summed E-state index contributed by atoms with van der Waals surface area (Å²) in [6.07, 6.45) is 4.75. The standard InChI is InChI=1S/C16H34O4/c1-14(6-8-19-12-17-4)10-16(3)11-15(2)7-9-20-13-18-5/h14-16H,6-13H2,1-5H3/t14-,15+,16?. The van der Waals surface area contributed by atoms with Gasteiger partial charge in [-0.15, -0.1) is 0 Å². The van der Waals surface area contributed by atoms with E-state index in [4.69, 9.17) is 18.9 Å². The molecule has 0 amide bonds. The maximum Gasteiger partial charge on any atom is 0.146 e. The Hall–Kier alpha value is -0.160. The van der Waals surface area contributed by atoms with Crippen molar-refractivity contribution in [2.75, 3.05) is 41.0 Å². The van der Waals surface area contributed by atoms with Crippen LogP contribution in [0.25, 0.3) is 0 Å². The highest BCUT2D eigenvalue weighted by Crippen LogP contribution is 2.23. The minimum absolute atomic E-state index is 0.404. The van der Waals surface area contributed by atoms with Gasteiger partial charge in [-0.2, -0.15) is 0 Å². The van der Waals surface area contributed by atoms with Crippen molar-refractivity contribution in [1.82, 2.24) is 0 Å². The Labute approximate surface area is 125 Å². The van der Waals surface area contributed by atoms with Crippen molar-refractivity contribution < 1.29 is 18.9 Å². The van der Waals surface area contributed by atoms with Gasteiger partial charge in [-0.25, -0.2) is 0 Å². The van der Waals surface area contributed by atoms with Crippen molar-refractivity contribution in [2.45, 2.75) is 46.5 Å². The molecule has 0 radical (unpaired) electrons. The van der Waals surface area contributed by atoms with Gasteiger partial charge in [-0.1, -0.05) is 20.8 Å². The molecule has 0 aromatic heterocycles. The summed E-state index contributed by atoms with van der Waals surface area (Å²) < 4.78 is 20.4. The van der Waals surface area contributed by atoms with Gasteiger partial charge in [0.2, 0.25) is 0 Å². The minimum atomic E-state index is 0.404. The summed E-state index contributed by atoms with van der Waals surface area (Å²) >= 11 is 0. The molecular weight excluding hydrogens is 256 g/mol. The van der Waals surface area contributed by atoms with E-state index in [1.54, 1.807) is 14.2 Å². The van der Waals surface area contributed by atoms with Gasteiger partial charge in [0.25, 0.3) is 0 Å². The molecule has 0 bridgehead atoms. The van der Waals surface area contributed by atoms with Crippen LogP contribution in [0.5, 0.6) is 0 Å². The lowest BCUT2D eigenvalue weighted by Crippen LogP contribution is -2.11. The molecule has 4 nitrogen and oxygen atoms in total. The smallest absolute Gasteiger partial charge is 0.146 e. The van der Waals surface area contributed by atoms with Crippen LogP contribution in [-0.4, -0.2) is 41.0 Å². The maximum atomic E-state index is 5.34. The zero-order chi connectivity index (χ0) is 15.2. The van der Waals surface area contributed by atoms with E-state index in [-0.39, 0.29) is 0 Å². The monoisotopic (exact) mass is 290 g/mol. The lowest BCUT2D eigenvalue weighted by Gasteiger charge is -2.20. The van der Waals surface area contributed by atoms with Crippen LogP contribution < -0.4 is 0 Å². The Morgan fingerprint density at radius 3 is 1.40 bits per heavy atom. The third-order valence-electron chi connectivity index (χ3n) is 3.52. The summed E-state index contributed by atoms with van der Waals surface area (Å²) in [5.41, 5.74) is 0. The highest BCUT2D eigenvalue weighted by Gasteiger charge is 2.12.